The maximum absolute atomic E-state index is 11.4. The first-order valence-corrected chi connectivity index (χ1v) is 5.41. The Morgan fingerprint density at radius 2 is 1.88 bits per heavy atom. The Morgan fingerprint density at radius 3 is 2.38 bits per heavy atom. The third-order valence-corrected chi connectivity index (χ3v) is 2.80. The second-order valence-corrected chi connectivity index (χ2v) is 4.17. The van der Waals surface area contributed by atoms with Crippen molar-refractivity contribution in [3.8, 4) is 0 Å². The highest BCUT2D eigenvalue weighted by atomic mass is 35.5. The second-order valence-electron chi connectivity index (χ2n) is 4.17. The number of nitrogens with two attached hydrogens (primary N) is 2. The minimum atomic E-state index is -0.802. The van der Waals surface area contributed by atoms with Crippen LogP contribution in [0.1, 0.15) is 32.1 Å². The number of nitrogens with one attached hydrogen (secondary N) is 1. The Balaban J connectivity index is 0.00000225. The van der Waals surface area contributed by atoms with E-state index in [0.717, 1.165) is 0 Å². The van der Waals surface area contributed by atoms with E-state index in [1.54, 1.807) is 0 Å². The molecule has 0 spiro atoms. The Hall–Kier alpha value is -0.810. The lowest BCUT2D eigenvalue weighted by Crippen LogP contribution is -2.44. The molecule has 0 radical (unpaired) electrons. The molecule has 5 nitrogen and oxygen atoms in total. The first kappa shape index (κ1) is 15.2. The molecule has 5 N–H and O–H groups in total. The van der Waals surface area contributed by atoms with E-state index in [4.69, 9.17) is 11.5 Å². The van der Waals surface area contributed by atoms with Crippen LogP contribution < -0.4 is 16.8 Å². The molecule has 0 aliphatic heterocycles. The Labute approximate surface area is 102 Å². The standard InChI is InChI=1S/C10H19N3O2.ClH/c11-8(5-9(12)14)10(15)13-6-7-3-1-2-4-7;/h7-8H,1-6,11H2,(H2,12,14)(H,13,15);1H. The summed E-state index contributed by atoms with van der Waals surface area (Å²) in [5.41, 5.74) is 10.4. The van der Waals surface area contributed by atoms with Gasteiger partial charge in [0.2, 0.25) is 11.8 Å². The van der Waals surface area contributed by atoms with Gasteiger partial charge in [-0.2, -0.15) is 0 Å². The molecule has 0 saturated heterocycles. The summed E-state index contributed by atoms with van der Waals surface area (Å²) >= 11 is 0. The van der Waals surface area contributed by atoms with Gasteiger partial charge in [-0.3, -0.25) is 9.59 Å². The Bertz CT molecular complexity index is 242. The number of rotatable bonds is 5. The van der Waals surface area contributed by atoms with Crippen molar-refractivity contribution in [3.05, 3.63) is 0 Å². The highest BCUT2D eigenvalue weighted by Crippen LogP contribution is 2.23. The van der Waals surface area contributed by atoms with E-state index in [0.29, 0.717) is 12.5 Å². The molecule has 0 aromatic heterocycles. The lowest BCUT2D eigenvalue weighted by Gasteiger charge is -2.13. The highest BCUT2D eigenvalue weighted by Gasteiger charge is 2.19. The van der Waals surface area contributed by atoms with Crippen LogP contribution in [-0.4, -0.2) is 24.4 Å². The van der Waals surface area contributed by atoms with Gasteiger partial charge in [-0.25, -0.2) is 0 Å². The van der Waals surface area contributed by atoms with Gasteiger partial charge in [0.25, 0.3) is 0 Å². The van der Waals surface area contributed by atoms with Crippen molar-refractivity contribution in [3.63, 3.8) is 0 Å². The van der Waals surface area contributed by atoms with Gasteiger partial charge < -0.3 is 16.8 Å². The van der Waals surface area contributed by atoms with Crippen LogP contribution in [0.3, 0.4) is 0 Å². The van der Waals surface area contributed by atoms with Crippen LogP contribution >= 0.6 is 12.4 Å². The second kappa shape index (κ2) is 7.46. The number of carbonyl (C=O) groups excluding carboxylic acids is 2. The number of halogens is 1. The molecular weight excluding hydrogens is 230 g/mol. The smallest absolute Gasteiger partial charge is 0.237 e. The predicted octanol–water partition coefficient (Wildman–Crippen LogP) is -0.0827. The molecule has 1 atom stereocenters. The SMILES string of the molecule is Cl.NC(=O)CC(N)C(=O)NCC1CCCC1. The quantitative estimate of drug-likeness (QED) is 0.635. The molecule has 0 aromatic carbocycles. The van der Waals surface area contributed by atoms with Gasteiger partial charge in [0.05, 0.1) is 12.5 Å². The van der Waals surface area contributed by atoms with Crippen molar-refractivity contribution in [1.82, 2.24) is 5.32 Å². The number of primary amides is 1. The topological polar surface area (TPSA) is 98.2 Å². The summed E-state index contributed by atoms with van der Waals surface area (Å²) in [5.74, 6) is -0.242. The summed E-state index contributed by atoms with van der Waals surface area (Å²) in [6.07, 6.45) is 4.74. The summed E-state index contributed by atoms with van der Waals surface area (Å²) in [4.78, 5) is 21.9. The first-order chi connectivity index (χ1) is 7.09. The van der Waals surface area contributed by atoms with Crippen LogP contribution in [0.4, 0.5) is 0 Å². The normalized spacial score (nSPS) is 17.6. The van der Waals surface area contributed by atoms with E-state index in [9.17, 15) is 9.59 Å². The van der Waals surface area contributed by atoms with E-state index in [2.05, 4.69) is 5.32 Å². The van der Waals surface area contributed by atoms with Gasteiger partial charge >= 0.3 is 0 Å². The van der Waals surface area contributed by atoms with Crippen molar-refractivity contribution in [2.24, 2.45) is 17.4 Å². The molecule has 0 bridgehead atoms. The molecule has 1 unspecified atom stereocenters. The fourth-order valence-corrected chi connectivity index (χ4v) is 1.90. The maximum atomic E-state index is 11.4. The average Bonchev–Trinajstić information content (AvgIpc) is 2.65. The molecule has 1 saturated carbocycles. The van der Waals surface area contributed by atoms with Crippen molar-refractivity contribution in [2.45, 2.75) is 38.1 Å². The Morgan fingerprint density at radius 1 is 1.31 bits per heavy atom. The lowest BCUT2D eigenvalue weighted by atomic mass is 10.1. The molecular formula is C10H20ClN3O2. The molecule has 16 heavy (non-hydrogen) atoms. The third-order valence-electron chi connectivity index (χ3n) is 2.80. The van der Waals surface area contributed by atoms with Crippen LogP contribution in [0, 0.1) is 5.92 Å². The predicted molar refractivity (Wildman–Crippen MR) is 64.0 cm³/mol. The van der Waals surface area contributed by atoms with Crippen molar-refractivity contribution in [2.75, 3.05) is 6.54 Å². The highest BCUT2D eigenvalue weighted by molar-refractivity contribution is 5.87. The summed E-state index contributed by atoms with van der Waals surface area (Å²) < 4.78 is 0. The zero-order valence-corrected chi connectivity index (χ0v) is 10.1. The van der Waals surface area contributed by atoms with Crippen LogP contribution in [0.2, 0.25) is 0 Å². The van der Waals surface area contributed by atoms with E-state index in [-0.39, 0.29) is 24.7 Å². The van der Waals surface area contributed by atoms with Crippen LogP contribution in [0.15, 0.2) is 0 Å². The maximum Gasteiger partial charge on any atom is 0.237 e. The van der Waals surface area contributed by atoms with Crippen molar-refractivity contribution < 1.29 is 9.59 Å². The van der Waals surface area contributed by atoms with Gasteiger partial charge in [0.15, 0.2) is 0 Å². The van der Waals surface area contributed by atoms with Gasteiger partial charge in [-0.15, -0.1) is 12.4 Å². The Kier molecular flexibility index (Phi) is 7.08. The lowest BCUT2D eigenvalue weighted by molar-refractivity contribution is -0.126. The van der Waals surface area contributed by atoms with Gasteiger partial charge in [-0.1, -0.05) is 12.8 Å². The summed E-state index contributed by atoms with van der Waals surface area (Å²) in [7, 11) is 0. The van der Waals surface area contributed by atoms with E-state index in [1.165, 1.54) is 25.7 Å². The van der Waals surface area contributed by atoms with Gasteiger partial charge in [-0.05, 0) is 18.8 Å². The molecule has 2 amide bonds. The summed E-state index contributed by atoms with van der Waals surface area (Å²) in [5, 5.41) is 2.76. The van der Waals surface area contributed by atoms with Gasteiger partial charge in [0, 0.05) is 6.54 Å². The molecule has 94 valence electrons. The molecule has 1 rings (SSSR count). The van der Waals surface area contributed by atoms with Crippen molar-refractivity contribution >= 4 is 24.2 Å². The molecule has 0 aromatic rings. The van der Waals surface area contributed by atoms with Crippen LogP contribution in [0.25, 0.3) is 0 Å². The van der Waals surface area contributed by atoms with Crippen LogP contribution in [-0.2, 0) is 9.59 Å². The zero-order valence-electron chi connectivity index (χ0n) is 9.28. The number of hydrogen-bond donors (Lipinski definition) is 3. The largest absolute Gasteiger partial charge is 0.370 e. The third kappa shape index (κ3) is 5.32. The fourth-order valence-electron chi connectivity index (χ4n) is 1.90. The number of hydrogen-bond acceptors (Lipinski definition) is 3. The average molecular weight is 250 g/mol. The summed E-state index contributed by atoms with van der Waals surface area (Å²) in [6.45, 7) is 0.672. The molecule has 0 heterocycles. The number of carbonyl (C=O) groups is 2. The van der Waals surface area contributed by atoms with E-state index < -0.39 is 11.9 Å². The van der Waals surface area contributed by atoms with Crippen molar-refractivity contribution in [1.29, 1.82) is 0 Å². The van der Waals surface area contributed by atoms with Gasteiger partial charge in [0.1, 0.15) is 0 Å². The monoisotopic (exact) mass is 249 g/mol. The molecule has 1 aliphatic rings. The summed E-state index contributed by atoms with van der Waals surface area (Å²) in [6, 6.07) is -0.802. The van der Waals surface area contributed by atoms with E-state index >= 15 is 0 Å². The fraction of sp³-hybridized carbons (Fsp3) is 0.800. The van der Waals surface area contributed by atoms with E-state index in [1.807, 2.05) is 0 Å². The first-order valence-electron chi connectivity index (χ1n) is 5.41. The molecule has 1 fully saturated rings. The molecule has 6 heteroatoms. The zero-order chi connectivity index (χ0) is 11.3. The number of amides is 2. The molecule has 1 aliphatic carbocycles. The minimum Gasteiger partial charge on any atom is -0.370 e. The minimum absolute atomic E-state index is 0. The van der Waals surface area contributed by atoms with Crippen LogP contribution in [0.5, 0.6) is 0 Å².